The Morgan fingerprint density at radius 1 is 1.24 bits per heavy atom. The summed E-state index contributed by atoms with van der Waals surface area (Å²) in [7, 11) is 1.51. The van der Waals surface area contributed by atoms with Crippen LogP contribution >= 0.6 is 0 Å². The standard InChI is InChI=1S/C15H19NO5/c1-20-11-6-2-3-7-12(11)21-10-13(17)16-15(14(18)19)8-4-5-9-15/h2-3,6-7H,4-5,8-10H2,1H3,(H,16,17)(H,18,19). The lowest BCUT2D eigenvalue weighted by atomic mass is 9.98. The fourth-order valence-corrected chi connectivity index (χ4v) is 2.56. The highest BCUT2D eigenvalue weighted by Crippen LogP contribution is 2.30. The van der Waals surface area contributed by atoms with Crippen molar-refractivity contribution in [1.29, 1.82) is 0 Å². The molecule has 1 aliphatic rings. The number of nitrogens with one attached hydrogen (secondary N) is 1. The van der Waals surface area contributed by atoms with E-state index < -0.39 is 17.4 Å². The molecule has 1 aromatic carbocycles. The van der Waals surface area contributed by atoms with Gasteiger partial charge in [-0.2, -0.15) is 0 Å². The molecule has 0 saturated heterocycles. The second-order valence-corrected chi connectivity index (χ2v) is 5.08. The van der Waals surface area contributed by atoms with Crippen LogP contribution in [0, 0.1) is 0 Å². The highest BCUT2D eigenvalue weighted by molar-refractivity contribution is 5.88. The number of hydrogen-bond donors (Lipinski definition) is 2. The van der Waals surface area contributed by atoms with E-state index in [0.717, 1.165) is 12.8 Å². The van der Waals surface area contributed by atoms with E-state index in [2.05, 4.69) is 5.32 Å². The maximum absolute atomic E-state index is 11.9. The highest BCUT2D eigenvalue weighted by Gasteiger charge is 2.42. The third-order valence-corrected chi connectivity index (χ3v) is 3.67. The molecular formula is C15H19NO5. The first-order valence-corrected chi connectivity index (χ1v) is 6.88. The Kier molecular flexibility index (Phi) is 4.67. The van der Waals surface area contributed by atoms with E-state index in [1.54, 1.807) is 24.3 Å². The molecule has 6 nitrogen and oxygen atoms in total. The van der Waals surface area contributed by atoms with Gasteiger partial charge in [-0.1, -0.05) is 25.0 Å². The summed E-state index contributed by atoms with van der Waals surface area (Å²) in [5.41, 5.74) is -1.14. The quantitative estimate of drug-likeness (QED) is 0.832. The molecule has 0 atom stereocenters. The van der Waals surface area contributed by atoms with Crippen LogP contribution in [0.3, 0.4) is 0 Å². The van der Waals surface area contributed by atoms with Crippen molar-refractivity contribution in [3.8, 4) is 11.5 Å². The van der Waals surface area contributed by atoms with Crippen molar-refractivity contribution >= 4 is 11.9 Å². The third-order valence-electron chi connectivity index (χ3n) is 3.67. The first-order valence-electron chi connectivity index (χ1n) is 6.88. The zero-order chi connectivity index (χ0) is 15.3. The van der Waals surface area contributed by atoms with Gasteiger partial charge in [-0.05, 0) is 25.0 Å². The van der Waals surface area contributed by atoms with Gasteiger partial charge in [0, 0.05) is 0 Å². The van der Waals surface area contributed by atoms with Crippen LogP contribution in [0.25, 0.3) is 0 Å². The fraction of sp³-hybridized carbons (Fsp3) is 0.467. The number of para-hydroxylation sites is 2. The minimum absolute atomic E-state index is 0.241. The van der Waals surface area contributed by atoms with Crippen LogP contribution < -0.4 is 14.8 Å². The molecule has 0 bridgehead atoms. The van der Waals surface area contributed by atoms with Gasteiger partial charge in [-0.15, -0.1) is 0 Å². The molecule has 1 aliphatic carbocycles. The minimum atomic E-state index is -1.14. The summed E-state index contributed by atoms with van der Waals surface area (Å²) in [5.74, 6) is -0.444. The Morgan fingerprint density at radius 3 is 2.43 bits per heavy atom. The summed E-state index contributed by atoms with van der Waals surface area (Å²) < 4.78 is 10.5. The summed E-state index contributed by atoms with van der Waals surface area (Å²) in [6, 6.07) is 6.98. The van der Waals surface area contributed by atoms with E-state index in [-0.39, 0.29) is 6.61 Å². The predicted molar refractivity (Wildman–Crippen MR) is 75.5 cm³/mol. The highest BCUT2D eigenvalue weighted by atomic mass is 16.5. The average molecular weight is 293 g/mol. The SMILES string of the molecule is COc1ccccc1OCC(=O)NC1(C(=O)O)CCCC1. The largest absolute Gasteiger partial charge is 0.493 e. The lowest BCUT2D eigenvalue weighted by molar-refractivity contribution is -0.147. The van der Waals surface area contributed by atoms with Crippen LogP contribution in [-0.4, -0.2) is 36.2 Å². The van der Waals surface area contributed by atoms with Crippen molar-refractivity contribution in [2.24, 2.45) is 0 Å². The molecule has 6 heteroatoms. The van der Waals surface area contributed by atoms with E-state index in [1.165, 1.54) is 7.11 Å². The number of ether oxygens (including phenoxy) is 2. The summed E-state index contributed by atoms with van der Waals surface area (Å²) in [4.78, 5) is 23.3. The van der Waals surface area contributed by atoms with Crippen LogP contribution in [0.2, 0.25) is 0 Å². The molecule has 21 heavy (non-hydrogen) atoms. The Bertz CT molecular complexity index is 523. The van der Waals surface area contributed by atoms with Gasteiger partial charge in [-0.25, -0.2) is 4.79 Å². The fourth-order valence-electron chi connectivity index (χ4n) is 2.56. The molecule has 1 saturated carbocycles. The smallest absolute Gasteiger partial charge is 0.329 e. The van der Waals surface area contributed by atoms with Gasteiger partial charge in [0.15, 0.2) is 18.1 Å². The van der Waals surface area contributed by atoms with Gasteiger partial charge in [0.2, 0.25) is 0 Å². The number of aliphatic carboxylic acids is 1. The summed E-state index contributed by atoms with van der Waals surface area (Å²) in [6.07, 6.45) is 2.53. The molecule has 2 rings (SSSR count). The average Bonchev–Trinajstić information content (AvgIpc) is 2.95. The molecule has 1 fully saturated rings. The monoisotopic (exact) mass is 293 g/mol. The number of hydrogen-bond acceptors (Lipinski definition) is 4. The van der Waals surface area contributed by atoms with Gasteiger partial charge in [0.1, 0.15) is 5.54 Å². The predicted octanol–water partition coefficient (Wildman–Crippen LogP) is 1.59. The molecule has 0 spiro atoms. The van der Waals surface area contributed by atoms with Crippen LogP contribution in [0.1, 0.15) is 25.7 Å². The van der Waals surface area contributed by atoms with Crippen LogP contribution in [0.5, 0.6) is 11.5 Å². The zero-order valence-corrected chi connectivity index (χ0v) is 11.9. The Morgan fingerprint density at radius 2 is 1.86 bits per heavy atom. The van der Waals surface area contributed by atoms with Gasteiger partial charge < -0.3 is 19.9 Å². The molecule has 0 aromatic heterocycles. The summed E-state index contributed by atoms with van der Waals surface area (Å²) in [6.45, 7) is -0.241. The van der Waals surface area contributed by atoms with Crippen LogP contribution in [0.15, 0.2) is 24.3 Å². The van der Waals surface area contributed by atoms with E-state index >= 15 is 0 Å². The van der Waals surface area contributed by atoms with Gasteiger partial charge >= 0.3 is 5.97 Å². The van der Waals surface area contributed by atoms with Crippen LogP contribution in [-0.2, 0) is 9.59 Å². The zero-order valence-electron chi connectivity index (χ0n) is 11.9. The Labute approximate surface area is 123 Å². The number of rotatable bonds is 6. The van der Waals surface area contributed by atoms with Crippen molar-refractivity contribution in [3.05, 3.63) is 24.3 Å². The molecule has 114 valence electrons. The van der Waals surface area contributed by atoms with Crippen molar-refractivity contribution in [1.82, 2.24) is 5.32 Å². The van der Waals surface area contributed by atoms with Gasteiger partial charge in [0.25, 0.3) is 5.91 Å². The van der Waals surface area contributed by atoms with Crippen molar-refractivity contribution in [2.75, 3.05) is 13.7 Å². The molecule has 1 amide bonds. The lowest BCUT2D eigenvalue weighted by Gasteiger charge is -2.25. The molecular weight excluding hydrogens is 274 g/mol. The number of amides is 1. The Balaban J connectivity index is 1.94. The maximum atomic E-state index is 11.9. The summed E-state index contributed by atoms with van der Waals surface area (Å²) in [5, 5.41) is 11.9. The van der Waals surface area contributed by atoms with E-state index in [1.807, 2.05) is 0 Å². The molecule has 0 heterocycles. The van der Waals surface area contributed by atoms with Crippen molar-refractivity contribution in [3.63, 3.8) is 0 Å². The first-order chi connectivity index (χ1) is 10.1. The van der Waals surface area contributed by atoms with Crippen molar-refractivity contribution in [2.45, 2.75) is 31.2 Å². The number of methoxy groups -OCH3 is 1. The molecule has 2 N–H and O–H groups in total. The van der Waals surface area contributed by atoms with Gasteiger partial charge in [0.05, 0.1) is 7.11 Å². The molecule has 0 radical (unpaired) electrons. The number of carboxylic acids is 1. The van der Waals surface area contributed by atoms with Crippen LogP contribution in [0.4, 0.5) is 0 Å². The second kappa shape index (κ2) is 6.47. The second-order valence-electron chi connectivity index (χ2n) is 5.08. The molecule has 0 unspecified atom stereocenters. The number of carbonyl (C=O) groups is 2. The first kappa shape index (κ1) is 15.2. The Hall–Kier alpha value is -2.24. The third kappa shape index (κ3) is 3.45. The lowest BCUT2D eigenvalue weighted by Crippen LogP contribution is -2.53. The van der Waals surface area contributed by atoms with E-state index in [0.29, 0.717) is 24.3 Å². The van der Waals surface area contributed by atoms with E-state index in [9.17, 15) is 14.7 Å². The summed E-state index contributed by atoms with van der Waals surface area (Å²) >= 11 is 0. The topological polar surface area (TPSA) is 84.9 Å². The van der Waals surface area contributed by atoms with Crippen molar-refractivity contribution < 1.29 is 24.2 Å². The minimum Gasteiger partial charge on any atom is -0.493 e. The normalized spacial score (nSPS) is 16.2. The molecule has 1 aromatic rings. The maximum Gasteiger partial charge on any atom is 0.329 e. The number of benzene rings is 1. The number of carboxylic acid groups (broad SMARTS) is 1. The number of carbonyl (C=O) groups excluding carboxylic acids is 1. The van der Waals surface area contributed by atoms with Gasteiger partial charge in [-0.3, -0.25) is 4.79 Å². The molecule has 0 aliphatic heterocycles. The van der Waals surface area contributed by atoms with E-state index in [4.69, 9.17) is 9.47 Å².